The molecule has 1 N–H and O–H groups in total. The van der Waals surface area contributed by atoms with Crippen LogP contribution in [0.5, 0.6) is 5.75 Å². The third kappa shape index (κ3) is 3.26. The van der Waals surface area contributed by atoms with Gasteiger partial charge in [0.1, 0.15) is 5.75 Å². The molecule has 1 aliphatic rings. The van der Waals surface area contributed by atoms with Gasteiger partial charge in [0.05, 0.1) is 6.61 Å². The van der Waals surface area contributed by atoms with Crippen molar-refractivity contribution in [1.82, 2.24) is 5.32 Å². The van der Waals surface area contributed by atoms with E-state index in [1.165, 1.54) is 31.2 Å². The van der Waals surface area contributed by atoms with Gasteiger partial charge in [-0.1, -0.05) is 38.5 Å². The molecule has 0 saturated carbocycles. The van der Waals surface area contributed by atoms with E-state index in [9.17, 15) is 0 Å². The average molecular weight is 247 g/mol. The summed E-state index contributed by atoms with van der Waals surface area (Å²) in [7, 11) is 0. The van der Waals surface area contributed by atoms with E-state index in [1.54, 1.807) is 0 Å². The van der Waals surface area contributed by atoms with Crippen molar-refractivity contribution in [1.29, 1.82) is 0 Å². The van der Waals surface area contributed by atoms with Gasteiger partial charge in [-0.15, -0.1) is 0 Å². The van der Waals surface area contributed by atoms with Gasteiger partial charge in [-0.2, -0.15) is 0 Å². The zero-order chi connectivity index (χ0) is 12.8. The van der Waals surface area contributed by atoms with Gasteiger partial charge in [-0.05, 0) is 31.9 Å². The van der Waals surface area contributed by atoms with E-state index in [0.29, 0.717) is 12.0 Å². The fraction of sp³-hybridized carbons (Fsp3) is 0.625. The highest BCUT2D eigenvalue weighted by atomic mass is 16.5. The van der Waals surface area contributed by atoms with Crippen molar-refractivity contribution in [3.8, 4) is 5.75 Å². The van der Waals surface area contributed by atoms with E-state index >= 15 is 0 Å². The number of nitrogens with one attached hydrogen (secondary N) is 1. The van der Waals surface area contributed by atoms with Gasteiger partial charge in [0.15, 0.2) is 0 Å². The molecule has 1 aliphatic heterocycles. The molecule has 0 fully saturated rings. The van der Waals surface area contributed by atoms with Crippen molar-refractivity contribution in [3.63, 3.8) is 0 Å². The van der Waals surface area contributed by atoms with E-state index in [4.69, 9.17) is 4.74 Å². The number of rotatable bonds is 7. The van der Waals surface area contributed by atoms with Gasteiger partial charge in [-0.3, -0.25) is 0 Å². The fourth-order valence-electron chi connectivity index (χ4n) is 2.86. The Kier molecular flexibility index (Phi) is 5.06. The second kappa shape index (κ2) is 6.79. The van der Waals surface area contributed by atoms with Crippen LogP contribution in [0.4, 0.5) is 0 Å². The third-order valence-corrected chi connectivity index (χ3v) is 3.79. The van der Waals surface area contributed by atoms with Crippen molar-refractivity contribution in [2.45, 2.75) is 51.5 Å². The highest BCUT2D eigenvalue weighted by Gasteiger charge is 2.23. The zero-order valence-corrected chi connectivity index (χ0v) is 11.6. The predicted octanol–water partition coefficient (Wildman–Crippen LogP) is 3.72. The van der Waals surface area contributed by atoms with Crippen LogP contribution >= 0.6 is 0 Å². The van der Waals surface area contributed by atoms with Crippen molar-refractivity contribution in [2.75, 3.05) is 13.2 Å². The smallest absolute Gasteiger partial charge is 0.122 e. The first kappa shape index (κ1) is 13.4. The van der Waals surface area contributed by atoms with Crippen LogP contribution in [0, 0.1) is 0 Å². The second-order valence-electron chi connectivity index (χ2n) is 5.17. The average Bonchev–Trinajstić information content (AvgIpc) is 2.80. The first-order valence-corrected chi connectivity index (χ1v) is 7.30. The van der Waals surface area contributed by atoms with Crippen LogP contribution in [0.2, 0.25) is 0 Å². The molecule has 2 nitrogen and oxygen atoms in total. The molecular weight excluding hydrogens is 222 g/mol. The van der Waals surface area contributed by atoms with E-state index in [1.807, 2.05) is 0 Å². The Hall–Kier alpha value is -1.02. The largest absolute Gasteiger partial charge is 0.493 e. The summed E-state index contributed by atoms with van der Waals surface area (Å²) in [4.78, 5) is 0. The lowest BCUT2D eigenvalue weighted by atomic mass is 9.93. The van der Waals surface area contributed by atoms with Crippen molar-refractivity contribution >= 4 is 0 Å². The van der Waals surface area contributed by atoms with E-state index in [-0.39, 0.29) is 0 Å². The summed E-state index contributed by atoms with van der Waals surface area (Å²) in [6, 6.07) is 9.15. The van der Waals surface area contributed by atoms with E-state index < -0.39 is 0 Å². The molecule has 2 rings (SSSR count). The maximum atomic E-state index is 5.74. The molecular formula is C16H25NO. The van der Waals surface area contributed by atoms with Gasteiger partial charge in [0.25, 0.3) is 0 Å². The fourth-order valence-corrected chi connectivity index (χ4v) is 2.86. The molecule has 18 heavy (non-hydrogen) atoms. The number of hydrogen-bond acceptors (Lipinski definition) is 2. The normalized spacial score (nSPS) is 19.3. The summed E-state index contributed by atoms with van der Waals surface area (Å²) in [6.45, 7) is 6.39. The Morgan fingerprint density at radius 3 is 2.89 bits per heavy atom. The van der Waals surface area contributed by atoms with Crippen LogP contribution in [0.15, 0.2) is 24.3 Å². The Bertz CT molecular complexity index is 358. The van der Waals surface area contributed by atoms with Crippen LogP contribution in [0.25, 0.3) is 0 Å². The molecule has 1 heterocycles. The minimum atomic E-state index is 0.596. The van der Waals surface area contributed by atoms with E-state index in [2.05, 4.69) is 43.4 Å². The van der Waals surface area contributed by atoms with Crippen LogP contribution in [-0.2, 0) is 0 Å². The van der Waals surface area contributed by atoms with Crippen molar-refractivity contribution in [3.05, 3.63) is 29.8 Å². The molecule has 0 aromatic heterocycles. The molecule has 0 radical (unpaired) electrons. The SMILES string of the molecule is CCCC(CCC1COc2ccccc21)NCC. The summed E-state index contributed by atoms with van der Waals surface area (Å²) in [6.07, 6.45) is 5.03. The molecule has 0 aliphatic carbocycles. The maximum absolute atomic E-state index is 5.74. The number of benzene rings is 1. The van der Waals surface area contributed by atoms with E-state index in [0.717, 1.165) is 18.9 Å². The minimum Gasteiger partial charge on any atom is -0.493 e. The number of fused-ring (bicyclic) bond motifs is 1. The Morgan fingerprint density at radius 1 is 1.28 bits per heavy atom. The summed E-state index contributed by atoms with van der Waals surface area (Å²) >= 11 is 0. The van der Waals surface area contributed by atoms with Crippen LogP contribution < -0.4 is 10.1 Å². The summed E-state index contributed by atoms with van der Waals surface area (Å²) in [5.41, 5.74) is 1.41. The Morgan fingerprint density at radius 2 is 2.11 bits per heavy atom. The third-order valence-electron chi connectivity index (χ3n) is 3.79. The molecule has 0 amide bonds. The van der Waals surface area contributed by atoms with Crippen LogP contribution in [0.1, 0.15) is 51.0 Å². The standard InChI is InChI=1S/C16H25NO/c1-3-7-14(17-4-2)11-10-13-12-18-16-9-6-5-8-15(13)16/h5-6,8-9,13-14,17H,3-4,7,10-12H2,1-2H3. The molecule has 0 bridgehead atoms. The summed E-state index contributed by atoms with van der Waals surface area (Å²) in [5.74, 6) is 1.69. The van der Waals surface area contributed by atoms with Gasteiger partial charge in [-0.25, -0.2) is 0 Å². The molecule has 2 unspecified atom stereocenters. The minimum absolute atomic E-state index is 0.596. The van der Waals surface area contributed by atoms with Crippen LogP contribution in [-0.4, -0.2) is 19.2 Å². The number of ether oxygens (including phenoxy) is 1. The maximum Gasteiger partial charge on any atom is 0.122 e. The lowest BCUT2D eigenvalue weighted by molar-refractivity contribution is 0.315. The van der Waals surface area contributed by atoms with Crippen LogP contribution in [0.3, 0.4) is 0 Å². The topological polar surface area (TPSA) is 21.3 Å². The summed E-state index contributed by atoms with van der Waals surface area (Å²) in [5, 5.41) is 3.59. The Balaban J connectivity index is 1.87. The molecule has 100 valence electrons. The predicted molar refractivity (Wildman–Crippen MR) is 76.3 cm³/mol. The van der Waals surface area contributed by atoms with Crippen molar-refractivity contribution < 1.29 is 4.74 Å². The Labute approximate surface area is 111 Å². The second-order valence-corrected chi connectivity index (χ2v) is 5.17. The molecule has 2 heteroatoms. The quantitative estimate of drug-likeness (QED) is 0.793. The zero-order valence-electron chi connectivity index (χ0n) is 11.6. The number of para-hydroxylation sites is 1. The number of hydrogen-bond donors (Lipinski definition) is 1. The summed E-state index contributed by atoms with van der Waals surface area (Å²) < 4.78 is 5.74. The first-order valence-electron chi connectivity index (χ1n) is 7.30. The monoisotopic (exact) mass is 247 g/mol. The molecule has 0 spiro atoms. The molecule has 0 saturated heterocycles. The molecule has 1 aromatic rings. The van der Waals surface area contributed by atoms with Gasteiger partial charge in [0, 0.05) is 17.5 Å². The van der Waals surface area contributed by atoms with Gasteiger partial charge < -0.3 is 10.1 Å². The van der Waals surface area contributed by atoms with Gasteiger partial charge in [0.2, 0.25) is 0 Å². The first-order chi connectivity index (χ1) is 8.85. The highest BCUT2D eigenvalue weighted by molar-refractivity contribution is 5.39. The lowest BCUT2D eigenvalue weighted by Gasteiger charge is -2.18. The molecule has 2 atom stereocenters. The molecule has 1 aromatic carbocycles. The van der Waals surface area contributed by atoms with Crippen molar-refractivity contribution in [2.24, 2.45) is 0 Å². The van der Waals surface area contributed by atoms with Gasteiger partial charge >= 0.3 is 0 Å². The highest BCUT2D eigenvalue weighted by Crippen LogP contribution is 2.36. The lowest BCUT2D eigenvalue weighted by Crippen LogP contribution is -2.29.